The van der Waals surface area contributed by atoms with E-state index in [0.717, 1.165) is 36.2 Å². The van der Waals surface area contributed by atoms with Gasteiger partial charge in [-0.05, 0) is 93.9 Å². The van der Waals surface area contributed by atoms with Crippen LogP contribution in [0, 0.1) is 11.8 Å². The summed E-state index contributed by atoms with van der Waals surface area (Å²) in [5.41, 5.74) is 1.53. The van der Waals surface area contributed by atoms with Gasteiger partial charge in [0.1, 0.15) is 17.9 Å². The van der Waals surface area contributed by atoms with Gasteiger partial charge >= 0.3 is 0 Å². The number of piperidine rings is 1. The zero-order valence-electron chi connectivity index (χ0n) is 22.5. The molecule has 0 aromatic heterocycles. The molecule has 8 nitrogen and oxygen atoms in total. The maximum atomic E-state index is 13.0. The number of likely N-dealkylation sites (tertiary alicyclic amines) is 1. The topological polar surface area (TPSA) is 88.2 Å². The van der Waals surface area contributed by atoms with Gasteiger partial charge in [0.05, 0.1) is 6.10 Å². The van der Waals surface area contributed by atoms with Crippen LogP contribution in [-0.4, -0.2) is 71.5 Å². The molecule has 206 valence electrons. The number of imide groups is 1. The highest BCUT2D eigenvalue weighted by molar-refractivity contribution is 6.05. The number of ether oxygens (including phenoxy) is 2. The Labute approximate surface area is 225 Å². The van der Waals surface area contributed by atoms with Crippen molar-refractivity contribution in [2.24, 2.45) is 11.8 Å². The van der Waals surface area contributed by atoms with Crippen molar-refractivity contribution < 1.29 is 23.9 Å². The van der Waals surface area contributed by atoms with Gasteiger partial charge < -0.3 is 14.4 Å². The van der Waals surface area contributed by atoms with Gasteiger partial charge in [0.15, 0.2) is 0 Å². The maximum absolute atomic E-state index is 13.0. The summed E-state index contributed by atoms with van der Waals surface area (Å²) in [5, 5.41) is 2.37. The van der Waals surface area contributed by atoms with E-state index in [1.807, 2.05) is 18.2 Å². The van der Waals surface area contributed by atoms with Gasteiger partial charge in [-0.2, -0.15) is 0 Å². The number of hydrogen-bond acceptors (Lipinski definition) is 6. The molecule has 3 aliphatic heterocycles. The summed E-state index contributed by atoms with van der Waals surface area (Å²) >= 11 is 0. The van der Waals surface area contributed by atoms with Gasteiger partial charge in [-0.1, -0.05) is 6.42 Å². The second kappa shape index (κ2) is 11.0. The van der Waals surface area contributed by atoms with Gasteiger partial charge in [0.2, 0.25) is 11.8 Å². The van der Waals surface area contributed by atoms with Crippen LogP contribution >= 0.6 is 0 Å². The zero-order valence-corrected chi connectivity index (χ0v) is 22.5. The molecule has 1 aromatic carbocycles. The van der Waals surface area contributed by atoms with Gasteiger partial charge in [-0.3, -0.25) is 24.6 Å². The third-order valence-electron chi connectivity index (χ3n) is 9.65. The summed E-state index contributed by atoms with van der Waals surface area (Å²) in [7, 11) is 0. The first kappa shape index (κ1) is 25.8. The van der Waals surface area contributed by atoms with Crippen molar-refractivity contribution in [3.63, 3.8) is 0 Å². The first-order valence-electron chi connectivity index (χ1n) is 14.8. The number of nitrogens with zero attached hydrogens (tertiary/aromatic N) is 2. The van der Waals surface area contributed by atoms with E-state index in [4.69, 9.17) is 9.47 Å². The van der Waals surface area contributed by atoms with E-state index < -0.39 is 6.04 Å². The lowest BCUT2D eigenvalue weighted by Crippen LogP contribution is -2.59. The maximum Gasteiger partial charge on any atom is 0.255 e. The molecule has 3 atom stereocenters. The minimum absolute atomic E-state index is 0.140. The number of carbonyl (C=O) groups excluding carboxylic acids is 3. The summed E-state index contributed by atoms with van der Waals surface area (Å²) in [6.07, 6.45) is 11.0. The van der Waals surface area contributed by atoms with Crippen LogP contribution in [0.2, 0.25) is 0 Å². The van der Waals surface area contributed by atoms with E-state index in [0.29, 0.717) is 30.7 Å². The van der Waals surface area contributed by atoms with Crippen molar-refractivity contribution in [1.29, 1.82) is 0 Å². The largest absolute Gasteiger partial charge is 0.489 e. The van der Waals surface area contributed by atoms with Gasteiger partial charge in [0, 0.05) is 44.3 Å². The van der Waals surface area contributed by atoms with Crippen LogP contribution in [0.25, 0.3) is 0 Å². The monoisotopic (exact) mass is 523 g/mol. The van der Waals surface area contributed by atoms with Crippen molar-refractivity contribution in [2.75, 3.05) is 19.7 Å². The van der Waals surface area contributed by atoms with Crippen molar-refractivity contribution >= 4 is 17.7 Å². The van der Waals surface area contributed by atoms with Crippen LogP contribution in [0.3, 0.4) is 0 Å². The quantitative estimate of drug-likeness (QED) is 0.549. The zero-order chi connectivity index (χ0) is 26.2. The SMILES string of the molecule is CCOC1CCC(C2CN([C@H]3CCCC[C@@H]3Oc3ccc4c(c3)CN(C3CCC(=O)NC3=O)C4=O)C2)CC1. The number of nitrogens with one attached hydrogen (secondary N) is 1. The molecule has 4 fully saturated rings. The lowest BCUT2D eigenvalue weighted by molar-refractivity contribution is -0.136. The van der Waals surface area contributed by atoms with E-state index >= 15 is 0 Å². The fourth-order valence-corrected chi connectivity index (χ4v) is 7.51. The van der Waals surface area contributed by atoms with Gasteiger partial charge in [0.25, 0.3) is 5.91 Å². The second-order valence-electron chi connectivity index (χ2n) is 11.9. The van der Waals surface area contributed by atoms with Crippen LogP contribution < -0.4 is 10.1 Å². The Balaban J connectivity index is 1.05. The summed E-state index contributed by atoms with van der Waals surface area (Å²) in [6.45, 7) is 5.68. The number of hydrogen-bond donors (Lipinski definition) is 1. The third-order valence-corrected chi connectivity index (χ3v) is 9.65. The highest BCUT2D eigenvalue weighted by Crippen LogP contribution is 2.40. The number of fused-ring (bicyclic) bond motifs is 1. The lowest BCUT2D eigenvalue weighted by Gasteiger charge is -2.51. The molecular weight excluding hydrogens is 482 g/mol. The molecule has 1 N–H and O–H groups in total. The lowest BCUT2D eigenvalue weighted by atomic mass is 9.74. The Morgan fingerprint density at radius 3 is 2.50 bits per heavy atom. The molecule has 0 radical (unpaired) electrons. The first-order valence-corrected chi connectivity index (χ1v) is 14.8. The number of carbonyl (C=O) groups is 3. The molecule has 3 heterocycles. The van der Waals surface area contributed by atoms with E-state index in [2.05, 4.69) is 17.1 Å². The molecule has 0 spiro atoms. The Bertz CT molecular complexity index is 1060. The minimum Gasteiger partial charge on any atom is -0.489 e. The molecule has 1 aromatic rings. The molecule has 5 aliphatic rings. The standard InChI is InChI=1S/C30H41N3O5/c1-2-37-22-9-7-19(8-10-22)21-16-32(17-21)25-5-3-4-6-27(25)38-23-11-12-24-20(15-23)18-33(30(24)36)26-13-14-28(34)31-29(26)35/h11-12,15,19,21-22,25-27H,2-10,13-14,16-18H2,1H3,(H,31,34,35)/t19?,22?,25-,26?,27-/m0/s1. The Morgan fingerprint density at radius 2 is 1.74 bits per heavy atom. The number of amides is 3. The van der Waals surface area contributed by atoms with Crippen molar-refractivity contribution in [3.05, 3.63) is 29.3 Å². The minimum atomic E-state index is -0.590. The summed E-state index contributed by atoms with van der Waals surface area (Å²) in [5.74, 6) is 1.68. The summed E-state index contributed by atoms with van der Waals surface area (Å²) in [4.78, 5) is 41.2. The van der Waals surface area contributed by atoms with E-state index in [-0.39, 0.29) is 30.2 Å². The predicted octanol–water partition coefficient (Wildman–Crippen LogP) is 3.66. The van der Waals surface area contributed by atoms with Crippen LogP contribution in [0.5, 0.6) is 5.75 Å². The Kier molecular flexibility index (Phi) is 7.45. The van der Waals surface area contributed by atoms with E-state index in [9.17, 15) is 14.4 Å². The van der Waals surface area contributed by atoms with Crippen molar-refractivity contribution in [3.8, 4) is 5.75 Å². The molecular formula is C30H41N3O5. The summed E-state index contributed by atoms with van der Waals surface area (Å²) < 4.78 is 12.5. The fourth-order valence-electron chi connectivity index (χ4n) is 7.51. The van der Waals surface area contributed by atoms with Crippen molar-refractivity contribution in [2.45, 2.75) is 102 Å². The first-order chi connectivity index (χ1) is 18.5. The van der Waals surface area contributed by atoms with Gasteiger partial charge in [-0.15, -0.1) is 0 Å². The predicted molar refractivity (Wildman–Crippen MR) is 142 cm³/mol. The van der Waals surface area contributed by atoms with Gasteiger partial charge in [-0.25, -0.2) is 0 Å². The van der Waals surface area contributed by atoms with Crippen LogP contribution in [-0.2, 0) is 20.9 Å². The molecule has 1 unspecified atom stereocenters. The third kappa shape index (κ3) is 5.09. The van der Waals surface area contributed by atoms with E-state index in [1.165, 1.54) is 58.0 Å². The van der Waals surface area contributed by atoms with Crippen LogP contribution in [0.15, 0.2) is 18.2 Å². The second-order valence-corrected chi connectivity index (χ2v) is 11.9. The number of rotatable bonds is 7. The van der Waals surface area contributed by atoms with Crippen LogP contribution in [0.1, 0.15) is 87.1 Å². The molecule has 2 saturated heterocycles. The Morgan fingerprint density at radius 1 is 0.947 bits per heavy atom. The normalized spacial score (nSPS) is 32.6. The molecule has 8 heteroatoms. The average molecular weight is 524 g/mol. The molecule has 3 amide bonds. The highest BCUT2D eigenvalue weighted by atomic mass is 16.5. The van der Waals surface area contributed by atoms with Crippen LogP contribution in [0.4, 0.5) is 0 Å². The van der Waals surface area contributed by atoms with Crippen molar-refractivity contribution in [1.82, 2.24) is 15.1 Å². The molecule has 38 heavy (non-hydrogen) atoms. The fraction of sp³-hybridized carbons (Fsp3) is 0.700. The Hall–Kier alpha value is -2.45. The highest BCUT2D eigenvalue weighted by Gasteiger charge is 2.43. The number of benzene rings is 1. The molecule has 0 bridgehead atoms. The smallest absolute Gasteiger partial charge is 0.255 e. The molecule has 2 saturated carbocycles. The average Bonchev–Trinajstić information content (AvgIpc) is 3.20. The summed E-state index contributed by atoms with van der Waals surface area (Å²) in [6, 6.07) is 5.60. The molecule has 2 aliphatic carbocycles. The van der Waals surface area contributed by atoms with E-state index in [1.54, 1.807) is 4.90 Å². The molecule has 6 rings (SSSR count).